The first-order valence-electron chi connectivity index (χ1n) is 7.89. The number of benzene rings is 2. The molecule has 1 aliphatic heterocycles. The van der Waals surface area contributed by atoms with E-state index in [4.69, 9.17) is 4.42 Å². The van der Waals surface area contributed by atoms with Gasteiger partial charge in [0.25, 0.3) is 10.0 Å². The smallest absolute Gasteiger partial charge is 0.261 e. The van der Waals surface area contributed by atoms with Gasteiger partial charge in [-0.05, 0) is 48.4 Å². The molecule has 1 aliphatic rings. The van der Waals surface area contributed by atoms with Gasteiger partial charge in [-0.15, -0.1) is 0 Å². The highest BCUT2D eigenvalue weighted by atomic mass is 32.2. The van der Waals surface area contributed by atoms with Crippen LogP contribution >= 0.6 is 0 Å². The molecule has 0 radical (unpaired) electrons. The molecule has 1 amide bonds. The number of hydrogen-bond donors (Lipinski definition) is 2. The number of sulfonamides is 1. The Bertz CT molecular complexity index is 1110. The highest BCUT2D eigenvalue weighted by Crippen LogP contribution is 2.30. The molecule has 0 aliphatic carbocycles. The van der Waals surface area contributed by atoms with Crippen LogP contribution in [0.15, 0.2) is 58.2 Å². The van der Waals surface area contributed by atoms with Crippen LogP contribution in [0.25, 0.3) is 11.5 Å². The maximum Gasteiger partial charge on any atom is 0.261 e. The number of rotatable bonds is 4. The number of anilines is 2. The fourth-order valence-electron chi connectivity index (χ4n) is 2.91. The molecule has 0 spiro atoms. The maximum absolute atomic E-state index is 12.8. The van der Waals surface area contributed by atoms with E-state index in [9.17, 15) is 13.2 Å². The van der Waals surface area contributed by atoms with E-state index in [1.807, 2.05) is 6.07 Å². The molecule has 3 aromatic rings. The van der Waals surface area contributed by atoms with Crippen molar-refractivity contribution in [3.05, 3.63) is 60.0 Å². The van der Waals surface area contributed by atoms with Crippen LogP contribution in [0.5, 0.6) is 0 Å². The van der Waals surface area contributed by atoms with Crippen LogP contribution < -0.4 is 10.0 Å². The Labute approximate surface area is 150 Å². The number of nitrogens with zero attached hydrogens (tertiary/aromatic N) is 1. The first kappa shape index (κ1) is 16.3. The third kappa shape index (κ3) is 2.84. The fraction of sp³-hybridized carbons (Fsp3) is 0.111. The van der Waals surface area contributed by atoms with E-state index in [0.717, 1.165) is 0 Å². The van der Waals surface area contributed by atoms with E-state index >= 15 is 0 Å². The molecule has 4 rings (SSSR count). The minimum Gasteiger partial charge on any atom is -0.445 e. The summed E-state index contributed by atoms with van der Waals surface area (Å²) in [7, 11) is -3.80. The number of oxazole rings is 1. The highest BCUT2D eigenvalue weighted by molar-refractivity contribution is 7.92. The van der Waals surface area contributed by atoms with Crippen molar-refractivity contribution in [2.45, 2.75) is 18.2 Å². The lowest BCUT2D eigenvalue weighted by molar-refractivity contribution is -0.115. The van der Waals surface area contributed by atoms with Crippen molar-refractivity contribution in [2.75, 3.05) is 10.0 Å². The highest BCUT2D eigenvalue weighted by Gasteiger charge is 2.22. The quantitative estimate of drug-likeness (QED) is 0.736. The average molecular weight is 369 g/mol. The van der Waals surface area contributed by atoms with Crippen LogP contribution in [0, 0.1) is 6.92 Å². The number of amides is 1. The van der Waals surface area contributed by atoms with Crippen LogP contribution in [0.4, 0.5) is 11.4 Å². The van der Waals surface area contributed by atoms with Crippen molar-refractivity contribution in [3.8, 4) is 11.5 Å². The minimum absolute atomic E-state index is 0.105. The summed E-state index contributed by atoms with van der Waals surface area (Å²) < 4.78 is 33.5. The van der Waals surface area contributed by atoms with Crippen molar-refractivity contribution >= 4 is 27.3 Å². The third-order valence-electron chi connectivity index (χ3n) is 4.25. The third-order valence-corrected chi connectivity index (χ3v) is 5.62. The molecule has 7 nitrogen and oxygen atoms in total. The first-order chi connectivity index (χ1) is 12.4. The summed E-state index contributed by atoms with van der Waals surface area (Å²) in [4.78, 5) is 15.7. The second kappa shape index (κ2) is 5.99. The zero-order valence-corrected chi connectivity index (χ0v) is 14.6. The van der Waals surface area contributed by atoms with Crippen LogP contribution in [0.1, 0.15) is 11.1 Å². The Balaban J connectivity index is 1.68. The van der Waals surface area contributed by atoms with Crippen molar-refractivity contribution < 1.29 is 17.6 Å². The number of nitrogens with one attached hydrogen (secondary N) is 2. The molecule has 26 heavy (non-hydrogen) atoms. The van der Waals surface area contributed by atoms with Gasteiger partial charge in [-0.2, -0.15) is 0 Å². The second-order valence-electron chi connectivity index (χ2n) is 5.96. The Morgan fingerprint density at radius 3 is 2.85 bits per heavy atom. The molecule has 0 bridgehead atoms. The summed E-state index contributed by atoms with van der Waals surface area (Å²) in [6.07, 6.45) is 3.17. The second-order valence-corrected chi connectivity index (χ2v) is 7.65. The Kier molecular flexibility index (Phi) is 3.77. The van der Waals surface area contributed by atoms with Crippen LogP contribution in [-0.4, -0.2) is 19.3 Å². The summed E-state index contributed by atoms with van der Waals surface area (Å²) in [6, 6.07) is 9.81. The van der Waals surface area contributed by atoms with E-state index in [-0.39, 0.29) is 17.2 Å². The van der Waals surface area contributed by atoms with E-state index in [1.165, 1.54) is 24.6 Å². The lowest BCUT2D eigenvalue weighted by atomic mass is 10.1. The topological polar surface area (TPSA) is 101 Å². The van der Waals surface area contributed by atoms with Crippen molar-refractivity contribution in [2.24, 2.45) is 0 Å². The molecule has 2 N–H and O–H groups in total. The van der Waals surface area contributed by atoms with Gasteiger partial charge in [0.05, 0.1) is 23.2 Å². The molecule has 2 heterocycles. The Hall–Kier alpha value is -3.13. The molecular formula is C18H15N3O4S. The summed E-state index contributed by atoms with van der Waals surface area (Å²) in [5.41, 5.74) is 3.17. The van der Waals surface area contributed by atoms with Gasteiger partial charge >= 0.3 is 0 Å². The molecule has 132 valence electrons. The van der Waals surface area contributed by atoms with E-state index in [1.54, 1.807) is 25.1 Å². The summed E-state index contributed by atoms with van der Waals surface area (Å²) in [5.74, 6) is 0.280. The minimum atomic E-state index is -3.80. The summed E-state index contributed by atoms with van der Waals surface area (Å²) in [6.45, 7) is 1.79. The van der Waals surface area contributed by atoms with E-state index in [0.29, 0.717) is 34.0 Å². The van der Waals surface area contributed by atoms with Crippen LogP contribution in [-0.2, 0) is 21.2 Å². The fourth-order valence-corrected chi connectivity index (χ4v) is 4.08. The molecule has 0 saturated heterocycles. The van der Waals surface area contributed by atoms with E-state index < -0.39 is 10.0 Å². The van der Waals surface area contributed by atoms with Crippen molar-refractivity contribution in [3.63, 3.8) is 0 Å². The lowest BCUT2D eigenvalue weighted by Gasteiger charge is -2.13. The van der Waals surface area contributed by atoms with Gasteiger partial charge in [0.15, 0.2) is 0 Å². The lowest BCUT2D eigenvalue weighted by Crippen LogP contribution is -2.14. The van der Waals surface area contributed by atoms with E-state index in [2.05, 4.69) is 15.0 Å². The predicted octanol–water partition coefficient (Wildman–Crippen LogP) is 2.95. The van der Waals surface area contributed by atoms with Gasteiger partial charge in [0, 0.05) is 11.3 Å². The number of hydrogen-bond acceptors (Lipinski definition) is 5. The molecule has 0 saturated carbocycles. The number of fused-ring (bicyclic) bond motifs is 1. The van der Waals surface area contributed by atoms with Crippen LogP contribution in [0.2, 0.25) is 0 Å². The van der Waals surface area contributed by atoms with Gasteiger partial charge in [-0.1, -0.05) is 6.07 Å². The number of aromatic nitrogens is 1. The first-order valence-corrected chi connectivity index (χ1v) is 9.37. The predicted molar refractivity (Wildman–Crippen MR) is 96.3 cm³/mol. The van der Waals surface area contributed by atoms with Gasteiger partial charge in [-0.3, -0.25) is 9.52 Å². The standard InChI is InChI=1S/C18H15N3O4S/c1-11-14(18-19-7-8-25-18)3-2-4-15(11)21-26(23,24)13-5-6-16-12(9-13)10-17(22)20-16/h2-9,21H,10H2,1H3,(H,20,22). The Morgan fingerprint density at radius 1 is 1.23 bits per heavy atom. The summed E-state index contributed by atoms with van der Waals surface area (Å²) in [5, 5.41) is 2.69. The molecule has 8 heteroatoms. The zero-order valence-electron chi connectivity index (χ0n) is 13.8. The maximum atomic E-state index is 12.8. The average Bonchev–Trinajstić information content (AvgIpc) is 3.24. The molecule has 0 fully saturated rings. The van der Waals surface area contributed by atoms with Crippen molar-refractivity contribution in [1.82, 2.24) is 4.98 Å². The van der Waals surface area contributed by atoms with Gasteiger partial charge in [0.1, 0.15) is 6.26 Å². The van der Waals surface area contributed by atoms with Crippen molar-refractivity contribution in [1.29, 1.82) is 0 Å². The van der Waals surface area contributed by atoms with Gasteiger partial charge in [0.2, 0.25) is 11.8 Å². The van der Waals surface area contributed by atoms with Gasteiger partial charge < -0.3 is 9.73 Å². The molecule has 0 unspecified atom stereocenters. The Morgan fingerprint density at radius 2 is 2.08 bits per heavy atom. The van der Waals surface area contributed by atoms with Crippen LogP contribution in [0.3, 0.4) is 0 Å². The number of carbonyl (C=O) groups is 1. The molecule has 2 aromatic carbocycles. The summed E-state index contributed by atoms with van der Waals surface area (Å²) >= 11 is 0. The molecule has 1 aromatic heterocycles. The SMILES string of the molecule is Cc1c(NS(=O)(=O)c2ccc3c(c2)CC(=O)N3)cccc1-c1ncco1. The monoisotopic (exact) mass is 369 g/mol. The number of carbonyl (C=O) groups excluding carboxylic acids is 1. The van der Waals surface area contributed by atoms with Gasteiger partial charge in [-0.25, -0.2) is 13.4 Å². The normalized spacial score (nSPS) is 13.3. The largest absolute Gasteiger partial charge is 0.445 e. The molecular weight excluding hydrogens is 354 g/mol. The molecule has 0 atom stereocenters. The zero-order chi connectivity index (χ0) is 18.3.